The first-order chi connectivity index (χ1) is 14.4. The maximum atomic E-state index is 12.4. The van der Waals surface area contributed by atoms with Crippen LogP contribution in [0.15, 0.2) is 65.6 Å². The highest BCUT2D eigenvalue weighted by molar-refractivity contribution is 8.23. The summed E-state index contributed by atoms with van der Waals surface area (Å²) in [6.07, 6.45) is 0.586. The van der Waals surface area contributed by atoms with Gasteiger partial charge in [-0.25, -0.2) is 8.42 Å². The van der Waals surface area contributed by atoms with Gasteiger partial charge in [0.25, 0.3) is 0 Å². The molecule has 0 bridgehead atoms. The standard InChI is InChI=1S/C22H26O5S3/c1-2-27-22(28)29-20(16-26-15-18-9-5-3-6-10-18)14-13-19(23)17-30(24,25)21-11-7-4-8-12-21/h3-12,20H,2,13-17H2,1H3. The quantitative estimate of drug-likeness (QED) is 0.428. The first kappa shape index (κ1) is 24.5. The van der Waals surface area contributed by atoms with Gasteiger partial charge < -0.3 is 9.47 Å². The number of ether oxygens (including phenoxy) is 2. The third-order valence-corrected chi connectivity index (χ3v) is 7.25. The first-order valence-corrected chi connectivity index (χ1v) is 12.6. The van der Waals surface area contributed by atoms with Gasteiger partial charge in [-0.3, -0.25) is 4.79 Å². The third-order valence-electron chi connectivity index (χ3n) is 4.14. The van der Waals surface area contributed by atoms with E-state index in [2.05, 4.69) is 0 Å². The summed E-state index contributed by atoms with van der Waals surface area (Å²) < 4.78 is 36.3. The van der Waals surface area contributed by atoms with E-state index < -0.39 is 15.6 Å². The molecular weight excluding hydrogens is 440 g/mol. The van der Waals surface area contributed by atoms with Crippen LogP contribution in [0.25, 0.3) is 0 Å². The molecule has 1 unspecified atom stereocenters. The summed E-state index contributed by atoms with van der Waals surface area (Å²) in [5.74, 6) is -0.829. The van der Waals surface area contributed by atoms with E-state index in [0.29, 0.717) is 30.6 Å². The van der Waals surface area contributed by atoms with Crippen molar-refractivity contribution in [2.24, 2.45) is 0 Å². The van der Waals surface area contributed by atoms with Crippen molar-refractivity contribution in [3.63, 3.8) is 0 Å². The number of carbonyl (C=O) groups excluding carboxylic acids is 1. The molecule has 0 aliphatic rings. The molecule has 0 fully saturated rings. The van der Waals surface area contributed by atoms with Crippen molar-refractivity contribution in [3.05, 3.63) is 66.2 Å². The predicted octanol–water partition coefficient (Wildman–Crippen LogP) is 4.45. The van der Waals surface area contributed by atoms with Gasteiger partial charge in [-0.05, 0) is 43.3 Å². The monoisotopic (exact) mass is 466 g/mol. The van der Waals surface area contributed by atoms with Crippen LogP contribution in [0, 0.1) is 0 Å². The number of rotatable bonds is 12. The van der Waals surface area contributed by atoms with Gasteiger partial charge in [-0.15, -0.1) is 0 Å². The van der Waals surface area contributed by atoms with Crippen molar-refractivity contribution in [1.29, 1.82) is 0 Å². The van der Waals surface area contributed by atoms with Crippen LogP contribution in [0.4, 0.5) is 0 Å². The van der Waals surface area contributed by atoms with Crippen LogP contribution in [-0.2, 0) is 30.7 Å². The molecule has 0 aliphatic heterocycles. The number of carbonyl (C=O) groups is 1. The Bertz CT molecular complexity index is 899. The normalized spacial score (nSPS) is 12.3. The second kappa shape index (κ2) is 12.8. The summed E-state index contributed by atoms with van der Waals surface area (Å²) in [5.41, 5.74) is 1.05. The Labute approximate surface area is 188 Å². The summed E-state index contributed by atoms with van der Waals surface area (Å²) in [7, 11) is -3.63. The number of benzene rings is 2. The number of hydrogen-bond donors (Lipinski definition) is 0. The maximum absolute atomic E-state index is 12.4. The Morgan fingerprint density at radius 3 is 2.33 bits per heavy atom. The molecule has 162 valence electrons. The molecule has 0 amide bonds. The lowest BCUT2D eigenvalue weighted by Crippen LogP contribution is -2.20. The topological polar surface area (TPSA) is 69.7 Å². The van der Waals surface area contributed by atoms with Crippen LogP contribution in [0.2, 0.25) is 0 Å². The molecule has 0 heterocycles. The number of thioether (sulfide) groups is 1. The van der Waals surface area contributed by atoms with Crippen LogP contribution in [0.1, 0.15) is 25.3 Å². The van der Waals surface area contributed by atoms with Crippen LogP contribution < -0.4 is 0 Å². The summed E-state index contributed by atoms with van der Waals surface area (Å²) in [6.45, 7) is 3.16. The zero-order valence-electron chi connectivity index (χ0n) is 16.9. The highest BCUT2D eigenvalue weighted by atomic mass is 32.2. The number of sulfone groups is 1. The molecule has 2 aromatic rings. The summed E-state index contributed by atoms with van der Waals surface area (Å²) in [4.78, 5) is 12.5. The molecule has 2 aromatic carbocycles. The molecule has 8 heteroatoms. The molecular formula is C22H26O5S3. The van der Waals surface area contributed by atoms with E-state index in [4.69, 9.17) is 21.7 Å². The number of ketones is 1. The molecule has 0 aliphatic carbocycles. The second-order valence-electron chi connectivity index (χ2n) is 6.57. The van der Waals surface area contributed by atoms with Crippen molar-refractivity contribution >= 4 is 44.0 Å². The molecule has 30 heavy (non-hydrogen) atoms. The van der Waals surface area contributed by atoms with Crippen molar-refractivity contribution in [1.82, 2.24) is 0 Å². The average Bonchev–Trinajstić information content (AvgIpc) is 2.73. The first-order valence-electron chi connectivity index (χ1n) is 9.65. The summed E-state index contributed by atoms with van der Waals surface area (Å²) in [6, 6.07) is 17.8. The van der Waals surface area contributed by atoms with E-state index in [1.54, 1.807) is 18.2 Å². The van der Waals surface area contributed by atoms with E-state index in [-0.39, 0.29) is 22.3 Å². The molecule has 0 N–H and O–H groups in total. The van der Waals surface area contributed by atoms with Crippen molar-refractivity contribution < 1.29 is 22.7 Å². The lowest BCUT2D eigenvalue weighted by atomic mass is 10.2. The molecule has 1 atom stereocenters. The minimum Gasteiger partial charge on any atom is -0.479 e. The van der Waals surface area contributed by atoms with E-state index in [1.807, 2.05) is 37.3 Å². The smallest absolute Gasteiger partial charge is 0.220 e. The van der Waals surface area contributed by atoms with Gasteiger partial charge in [-0.1, -0.05) is 60.3 Å². The Hall–Kier alpha value is -1.74. The maximum Gasteiger partial charge on any atom is 0.220 e. The van der Waals surface area contributed by atoms with Crippen LogP contribution >= 0.6 is 24.0 Å². The summed E-state index contributed by atoms with van der Waals surface area (Å²) in [5, 5.41) is -0.101. The van der Waals surface area contributed by atoms with Crippen molar-refractivity contribution in [3.8, 4) is 0 Å². The molecule has 0 aromatic heterocycles. The predicted molar refractivity (Wildman–Crippen MR) is 124 cm³/mol. The number of thiocarbonyl (C=S) groups is 1. The zero-order valence-corrected chi connectivity index (χ0v) is 19.3. The molecule has 0 spiro atoms. The molecule has 0 radical (unpaired) electrons. The lowest BCUT2D eigenvalue weighted by Gasteiger charge is -2.17. The largest absolute Gasteiger partial charge is 0.479 e. The average molecular weight is 467 g/mol. The molecule has 0 saturated carbocycles. The van der Waals surface area contributed by atoms with Crippen molar-refractivity contribution in [2.45, 2.75) is 36.5 Å². The highest BCUT2D eigenvalue weighted by Crippen LogP contribution is 2.21. The van der Waals surface area contributed by atoms with Crippen molar-refractivity contribution in [2.75, 3.05) is 19.0 Å². The van der Waals surface area contributed by atoms with Crippen LogP contribution in [0.5, 0.6) is 0 Å². The minimum absolute atomic E-state index is 0.101. The van der Waals surface area contributed by atoms with Gasteiger partial charge in [0, 0.05) is 11.7 Å². The Kier molecular flexibility index (Phi) is 10.5. The van der Waals surface area contributed by atoms with E-state index >= 15 is 0 Å². The number of Topliss-reactive ketones (excluding diaryl/α,β-unsaturated/α-hetero) is 1. The van der Waals surface area contributed by atoms with Gasteiger partial charge in [-0.2, -0.15) is 0 Å². The van der Waals surface area contributed by atoms with Gasteiger partial charge in [0.1, 0.15) is 11.5 Å². The molecule has 5 nitrogen and oxygen atoms in total. The van der Waals surface area contributed by atoms with E-state index in [0.717, 1.165) is 5.56 Å². The second-order valence-corrected chi connectivity index (χ2v) is 10.5. The van der Waals surface area contributed by atoms with Gasteiger partial charge in [0.05, 0.1) is 24.7 Å². The fourth-order valence-corrected chi connectivity index (χ4v) is 5.35. The third kappa shape index (κ3) is 8.95. The van der Waals surface area contributed by atoms with Gasteiger partial charge in [0.15, 0.2) is 9.84 Å². The van der Waals surface area contributed by atoms with Gasteiger partial charge in [0.2, 0.25) is 4.38 Å². The Morgan fingerprint density at radius 1 is 1.07 bits per heavy atom. The SMILES string of the molecule is CCOC(=S)SC(CCC(=O)CS(=O)(=O)c1ccccc1)COCc1ccccc1. The van der Waals surface area contributed by atoms with Crippen LogP contribution in [0.3, 0.4) is 0 Å². The highest BCUT2D eigenvalue weighted by Gasteiger charge is 2.21. The van der Waals surface area contributed by atoms with E-state index in [9.17, 15) is 13.2 Å². The zero-order chi connectivity index (χ0) is 21.8. The summed E-state index contributed by atoms with van der Waals surface area (Å²) >= 11 is 6.55. The minimum atomic E-state index is -3.63. The molecule has 0 saturated heterocycles. The fourth-order valence-electron chi connectivity index (χ4n) is 2.66. The van der Waals surface area contributed by atoms with E-state index in [1.165, 1.54) is 23.9 Å². The van der Waals surface area contributed by atoms with Gasteiger partial charge >= 0.3 is 0 Å². The Balaban J connectivity index is 1.88. The fraction of sp³-hybridized carbons (Fsp3) is 0.364. The Morgan fingerprint density at radius 2 is 1.70 bits per heavy atom. The lowest BCUT2D eigenvalue weighted by molar-refractivity contribution is -0.116. The number of hydrogen-bond acceptors (Lipinski definition) is 7. The molecule has 2 rings (SSSR count). The van der Waals surface area contributed by atoms with Crippen LogP contribution in [-0.4, -0.2) is 42.8 Å².